The fraction of sp³-hybridized carbons (Fsp3) is 0.214. The lowest BCUT2D eigenvalue weighted by molar-refractivity contribution is 0.690. The van der Waals surface area contributed by atoms with Gasteiger partial charge in [0, 0.05) is 18.0 Å². The molecule has 0 unspecified atom stereocenters. The van der Waals surface area contributed by atoms with Crippen molar-refractivity contribution in [3.05, 3.63) is 56.7 Å². The zero-order valence-electron chi connectivity index (χ0n) is 9.82. The summed E-state index contributed by atoms with van der Waals surface area (Å²) in [5.41, 5.74) is 1.85. The van der Waals surface area contributed by atoms with Crippen molar-refractivity contribution in [3.63, 3.8) is 0 Å². The zero-order chi connectivity index (χ0) is 12.8. The lowest BCUT2D eigenvalue weighted by Crippen LogP contribution is -2.16. The van der Waals surface area contributed by atoms with E-state index in [9.17, 15) is 0 Å². The summed E-state index contributed by atoms with van der Waals surface area (Å²) in [6, 6.07) is 13.8. The van der Waals surface area contributed by atoms with Gasteiger partial charge in [-0.1, -0.05) is 23.7 Å². The monoisotopic (exact) mass is 276 g/mol. The van der Waals surface area contributed by atoms with E-state index in [-0.39, 0.29) is 0 Å². The molecule has 0 saturated carbocycles. The second-order valence-corrected chi connectivity index (χ2v) is 5.74. The van der Waals surface area contributed by atoms with Crippen molar-refractivity contribution in [2.24, 2.45) is 0 Å². The van der Waals surface area contributed by atoms with E-state index in [1.165, 1.54) is 4.88 Å². The Morgan fingerprint density at radius 1 is 1.28 bits per heavy atom. The molecule has 0 atom stereocenters. The quantitative estimate of drug-likeness (QED) is 0.847. The van der Waals surface area contributed by atoms with Crippen LogP contribution in [-0.2, 0) is 13.0 Å². The van der Waals surface area contributed by atoms with Gasteiger partial charge < -0.3 is 5.32 Å². The lowest BCUT2D eigenvalue weighted by atomic mass is 10.1. The molecule has 0 fully saturated rings. The summed E-state index contributed by atoms with van der Waals surface area (Å²) in [5, 5.41) is 12.2. The van der Waals surface area contributed by atoms with Gasteiger partial charge in [-0.2, -0.15) is 5.26 Å². The molecule has 1 N–H and O–H groups in total. The van der Waals surface area contributed by atoms with Crippen LogP contribution in [0.5, 0.6) is 0 Å². The minimum atomic E-state index is 0.708. The van der Waals surface area contributed by atoms with Crippen LogP contribution in [0.2, 0.25) is 4.34 Å². The molecule has 1 aromatic heterocycles. The smallest absolute Gasteiger partial charge is 0.0991 e. The summed E-state index contributed by atoms with van der Waals surface area (Å²) in [5.74, 6) is 0. The molecule has 0 amide bonds. The average molecular weight is 277 g/mol. The van der Waals surface area contributed by atoms with E-state index in [4.69, 9.17) is 16.9 Å². The van der Waals surface area contributed by atoms with Gasteiger partial charge in [-0.25, -0.2) is 0 Å². The van der Waals surface area contributed by atoms with E-state index in [0.29, 0.717) is 5.56 Å². The van der Waals surface area contributed by atoms with Crippen molar-refractivity contribution < 1.29 is 0 Å². The summed E-state index contributed by atoms with van der Waals surface area (Å²) in [6.07, 6.45) is 0.981. The van der Waals surface area contributed by atoms with E-state index in [1.54, 1.807) is 11.3 Å². The Labute approximate surface area is 116 Å². The fourth-order valence-electron chi connectivity index (χ4n) is 1.68. The highest BCUT2D eigenvalue weighted by molar-refractivity contribution is 7.16. The Morgan fingerprint density at radius 2 is 2.17 bits per heavy atom. The molecule has 0 aliphatic heterocycles. The summed E-state index contributed by atoms with van der Waals surface area (Å²) >= 11 is 7.49. The highest BCUT2D eigenvalue weighted by atomic mass is 35.5. The van der Waals surface area contributed by atoms with Gasteiger partial charge in [-0.3, -0.25) is 0 Å². The maximum absolute atomic E-state index is 8.80. The van der Waals surface area contributed by atoms with E-state index in [1.807, 2.05) is 30.3 Å². The largest absolute Gasteiger partial charge is 0.312 e. The van der Waals surface area contributed by atoms with Gasteiger partial charge in [0.2, 0.25) is 0 Å². The number of nitrogens with one attached hydrogen (secondary N) is 1. The summed E-state index contributed by atoms with van der Waals surface area (Å²) in [4.78, 5) is 1.29. The standard InChI is InChI=1S/C14H13ClN2S/c15-14-5-4-13(18-14)6-7-17-10-12-3-1-2-11(8-12)9-16/h1-5,8,17H,6-7,10H2. The lowest BCUT2D eigenvalue weighted by Gasteiger charge is -2.04. The van der Waals surface area contributed by atoms with E-state index in [0.717, 1.165) is 29.4 Å². The molecular weight excluding hydrogens is 264 g/mol. The number of rotatable bonds is 5. The topological polar surface area (TPSA) is 35.8 Å². The third kappa shape index (κ3) is 3.85. The van der Waals surface area contributed by atoms with Crippen molar-refractivity contribution in [1.82, 2.24) is 5.32 Å². The molecule has 2 aromatic rings. The number of halogens is 1. The molecular formula is C14H13ClN2S. The van der Waals surface area contributed by atoms with Gasteiger partial charge in [-0.15, -0.1) is 11.3 Å². The molecule has 1 aromatic carbocycles. The molecule has 0 aliphatic rings. The first-order valence-electron chi connectivity index (χ1n) is 5.72. The first-order valence-corrected chi connectivity index (χ1v) is 6.91. The Balaban J connectivity index is 1.77. The van der Waals surface area contributed by atoms with Crippen molar-refractivity contribution in [3.8, 4) is 6.07 Å². The van der Waals surface area contributed by atoms with Gasteiger partial charge in [0.05, 0.1) is 16.0 Å². The Morgan fingerprint density at radius 3 is 2.89 bits per heavy atom. The first kappa shape index (κ1) is 13.1. The third-order valence-electron chi connectivity index (χ3n) is 2.56. The van der Waals surface area contributed by atoms with Crippen LogP contribution in [0.1, 0.15) is 16.0 Å². The molecule has 2 nitrogen and oxygen atoms in total. The van der Waals surface area contributed by atoms with Crippen LogP contribution in [0.4, 0.5) is 0 Å². The molecule has 92 valence electrons. The second-order valence-electron chi connectivity index (χ2n) is 3.94. The second kappa shape index (κ2) is 6.55. The molecule has 18 heavy (non-hydrogen) atoms. The fourth-order valence-corrected chi connectivity index (χ4v) is 2.77. The SMILES string of the molecule is N#Cc1cccc(CNCCc2ccc(Cl)s2)c1. The van der Waals surface area contributed by atoms with Crippen LogP contribution < -0.4 is 5.32 Å². The van der Waals surface area contributed by atoms with Crippen molar-refractivity contribution >= 4 is 22.9 Å². The molecule has 0 spiro atoms. The number of thiophene rings is 1. The molecule has 0 saturated heterocycles. The molecule has 4 heteroatoms. The molecule has 0 radical (unpaired) electrons. The first-order chi connectivity index (χ1) is 8.78. The number of hydrogen-bond acceptors (Lipinski definition) is 3. The Hall–Kier alpha value is -1.34. The van der Waals surface area contributed by atoms with Crippen molar-refractivity contribution in [2.45, 2.75) is 13.0 Å². The Bertz CT molecular complexity index is 557. The van der Waals surface area contributed by atoms with Crippen LogP contribution in [0.25, 0.3) is 0 Å². The van der Waals surface area contributed by atoms with Gasteiger partial charge in [0.25, 0.3) is 0 Å². The number of nitriles is 1. The maximum Gasteiger partial charge on any atom is 0.0991 e. The average Bonchev–Trinajstić information content (AvgIpc) is 2.81. The molecule has 0 bridgehead atoms. The van der Waals surface area contributed by atoms with E-state index in [2.05, 4.69) is 17.5 Å². The minimum absolute atomic E-state index is 0.708. The van der Waals surface area contributed by atoms with Crippen LogP contribution in [-0.4, -0.2) is 6.54 Å². The predicted octanol–water partition coefficient (Wildman–Crippen LogP) is 3.61. The Kier molecular flexibility index (Phi) is 4.77. The van der Waals surface area contributed by atoms with Crippen LogP contribution >= 0.6 is 22.9 Å². The molecule has 2 rings (SSSR count). The van der Waals surface area contributed by atoms with Gasteiger partial charge in [-0.05, 0) is 36.2 Å². The van der Waals surface area contributed by atoms with Crippen LogP contribution in [0, 0.1) is 11.3 Å². The number of benzene rings is 1. The van der Waals surface area contributed by atoms with Crippen LogP contribution in [0.15, 0.2) is 36.4 Å². The van der Waals surface area contributed by atoms with Crippen molar-refractivity contribution in [1.29, 1.82) is 5.26 Å². The third-order valence-corrected chi connectivity index (χ3v) is 3.85. The zero-order valence-corrected chi connectivity index (χ0v) is 11.4. The maximum atomic E-state index is 8.80. The van der Waals surface area contributed by atoms with E-state index >= 15 is 0 Å². The number of hydrogen-bond donors (Lipinski definition) is 1. The van der Waals surface area contributed by atoms with Crippen LogP contribution in [0.3, 0.4) is 0 Å². The molecule has 1 heterocycles. The van der Waals surface area contributed by atoms with Gasteiger partial charge >= 0.3 is 0 Å². The number of nitrogens with zero attached hydrogens (tertiary/aromatic N) is 1. The van der Waals surface area contributed by atoms with Gasteiger partial charge in [0.1, 0.15) is 0 Å². The minimum Gasteiger partial charge on any atom is -0.312 e. The highest BCUT2D eigenvalue weighted by Crippen LogP contribution is 2.21. The molecule has 0 aliphatic carbocycles. The highest BCUT2D eigenvalue weighted by Gasteiger charge is 1.98. The summed E-state index contributed by atoms with van der Waals surface area (Å²) in [6.45, 7) is 1.70. The predicted molar refractivity (Wildman–Crippen MR) is 75.9 cm³/mol. The normalized spacial score (nSPS) is 10.2. The summed E-state index contributed by atoms with van der Waals surface area (Å²) < 4.78 is 0.840. The van der Waals surface area contributed by atoms with E-state index < -0.39 is 0 Å². The summed E-state index contributed by atoms with van der Waals surface area (Å²) in [7, 11) is 0. The van der Waals surface area contributed by atoms with Crippen molar-refractivity contribution in [2.75, 3.05) is 6.54 Å². The van der Waals surface area contributed by atoms with Gasteiger partial charge in [0.15, 0.2) is 0 Å².